The smallest absolute Gasteiger partial charge is 0.0348 e. The maximum absolute atomic E-state index is 2.27. The Labute approximate surface area is 71.0 Å². The average molecular weight is 152 g/mol. The van der Waals surface area contributed by atoms with E-state index in [1.165, 1.54) is 24.8 Å². The molecule has 0 aromatic heterocycles. The molecule has 0 unspecified atom stereocenters. The molecule has 0 heterocycles. The summed E-state index contributed by atoms with van der Waals surface area (Å²) in [7, 11) is 0. The fraction of sp³-hybridized carbons (Fsp3) is 0.636. The van der Waals surface area contributed by atoms with Gasteiger partial charge in [-0.3, -0.25) is 0 Å². The van der Waals surface area contributed by atoms with E-state index < -0.39 is 0 Å². The molecular formula is C11H20. The first-order valence-electron chi connectivity index (χ1n) is 4.64. The third-order valence-corrected chi connectivity index (χ3v) is 1.63. The maximum atomic E-state index is 2.27. The van der Waals surface area contributed by atoms with Gasteiger partial charge in [0, 0.05) is 0 Å². The SMILES string of the molecule is CC/C=C(\C)C=CCCCC. The van der Waals surface area contributed by atoms with Crippen molar-refractivity contribution >= 4 is 0 Å². The van der Waals surface area contributed by atoms with Crippen LogP contribution in [0, 0.1) is 0 Å². The van der Waals surface area contributed by atoms with Gasteiger partial charge in [0.2, 0.25) is 0 Å². The molecule has 0 aromatic rings. The largest absolute Gasteiger partial charge is 0.0843 e. The van der Waals surface area contributed by atoms with Gasteiger partial charge in [0.05, 0.1) is 0 Å². The molecule has 0 aliphatic heterocycles. The van der Waals surface area contributed by atoms with Gasteiger partial charge in [-0.25, -0.2) is 0 Å². The highest BCUT2D eigenvalue weighted by Gasteiger charge is 1.80. The summed E-state index contributed by atoms with van der Waals surface area (Å²) in [6.45, 7) is 6.55. The van der Waals surface area contributed by atoms with Crippen LogP contribution < -0.4 is 0 Å². The first-order valence-corrected chi connectivity index (χ1v) is 4.64. The van der Waals surface area contributed by atoms with E-state index >= 15 is 0 Å². The van der Waals surface area contributed by atoms with Gasteiger partial charge in [-0.1, -0.05) is 50.5 Å². The zero-order valence-corrected chi connectivity index (χ0v) is 8.06. The Kier molecular flexibility index (Phi) is 7.23. The molecule has 0 saturated heterocycles. The van der Waals surface area contributed by atoms with E-state index in [-0.39, 0.29) is 0 Å². The predicted molar refractivity (Wildman–Crippen MR) is 52.7 cm³/mol. The Hall–Kier alpha value is -0.520. The second kappa shape index (κ2) is 7.59. The van der Waals surface area contributed by atoms with Crippen LogP contribution in [0.4, 0.5) is 0 Å². The van der Waals surface area contributed by atoms with Crippen molar-refractivity contribution in [2.45, 2.75) is 46.5 Å². The van der Waals surface area contributed by atoms with Crippen molar-refractivity contribution in [2.75, 3.05) is 0 Å². The zero-order chi connectivity index (χ0) is 8.53. The lowest BCUT2D eigenvalue weighted by molar-refractivity contribution is 0.814. The van der Waals surface area contributed by atoms with Gasteiger partial charge in [-0.15, -0.1) is 0 Å². The van der Waals surface area contributed by atoms with E-state index in [1.54, 1.807) is 0 Å². The Balaban J connectivity index is 3.48. The van der Waals surface area contributed by atoms with Crippen LogP contribution in [-0.2, 0) is 0 Å². The van der Waals surface area contributed by atoms with Gasteiger partial charge < -0.3 is 0 Å². The normalized spacial score (nSPS) is 12.8. The van der Waals surface area contributed by atoms with Crippen LogP contribution in [0.25, 0.3) is 0 Å². The second-order valence-electron chi connectivity index (χ2n) is 2.90. The summed E-state index contributed by atoms with van der Waals surface area (Å²) >= 11 is 0. The summed E-state index contributed by atoms with van der Waals surface area (Å²) in [5.74, 6) is 0. The molecule has 0 bridgehead atoms. The average Bonchev–Trinajstić information content (AvgIpc) is 1.99. The monoisotopic (exact) mass is 152 g/mol. The predicted octanol–water partition coefficient (Wildman–Crippen LogP) is 4.09. The van der Waals surface area contributed by atoms with E-state index in [9.17, 15) is 0 Å². The van der Waals surface area contributed by atoms with Crippen LogP contribution in [0.15, 0.2) is 23.8 Å². The minimum Gasteiger partial charge on any atom is -0.0843 e. The Morgan fingerprint density at radius 3 is 2.55 bits per heavy atom. The number of hydrogen-bond acceptors (Lipinski definition) is 0. The highest BCUT2D eigenvalue weighted by atomic mass is 13.9. The molecule has 0 spiro atoms. The molecule has 0 aromatic carbocycles. The van der Waals surface area contributed by atoms with Gasteiger partial charge >= 0.3 is 0 Å². The molecule has 0 fully saturated rings. The summed E-state index contributed by atoms with van der Waals surface area (Å²) in [4.78, 5) is 0. The molecule has 0 heteroatoms. The van der Waals surface area contributed by atoms with Crippen molar-refractivity contribution in [2.24, 2.45) is 0 Å². The highest BCUT2D eigenvalue weighted by molar-refractivity contribution is 5.15. The first kappa shape index (κ1) is 10.5. The van der Waals surface area contributed by atoms with E-state index in [2.05, 4.69) is 39.0 Å². The number of hydrogen-bond donors (Lipinski definition) is 0. The number of allylic oxidation sites excluding steroid dienone is 4. The Bertz CT molecular complexity index is 129. The van der Waals surface area contributed by atoms with Crippen molar-refractivity contribution < 1.29 is 0 Å². The van der Waals surface area contributed by atoms with Gasteiger partial charge in [0.25, 0.3) is 0 Å². The Morgan fingerprint density at radius 1 is 1.27 bits per heavy atom. The fourth-order valence-corrected chi connectivity index (χ4v) is 0.981. The minimum absolute atomic E-state index is 1.14. The van der Waals surface area contributed by atoms with Gasteiger partial charge in [-0.05, 0) is 19.8 Å². The van der Waals surface area contributed by atoms with Crippen molar-refractivity contribution in [1.82, 2.24) is 0 Å². The lowest BCUT2D eigenvalue weighted by Gasteiger charge is -1.90. The van der Waals surface area contributed by atoms with E-state index in [0.29, 0.717) is 0 Å². The number of unbranched alkanes of at least 4 members (excludes halogenated alkanes) is 2. The summed E-state index contributed by atoms with van der Waals surface area (Å²) in [5.41, 5.74) is 1.39. The fourth-order valence-electron chi connectivity index (χ4n) is 0.981. The summed E-state index contributed by atoms with van der Waals surface area (Å²) in [6, 6.07) is 0. The molecule has 0 aliphatic carbocycles. The molecule has 0 aliphatic rings. The topological polar surface area (TPSA) is 0 Å². The standard InChI is InChI=1S/C11H20/c1-4-6-7-8-10-11(3)9-5-2/h8-10H,4-7H2,1-3H3/b10-8?,11-9+. The molecule has 0 radical (unpaired) electrons. The van der Waals surface area contributed by atoms with Crippen LogP contribution in [0.3, 0.4) is 0 Å². The third kappa shape index (κ3) is 7.38. The zero-order valence-electron chi connectivity index (χ0n) is 8.06. The van der Waals surface area contributed by atoms with Crippen LogP contribution in [0.1, 0.15) is 46.5 Å². The summed E-state index contributed by atoms with van der Waals surface area (Å²) in [5, 5.41) is 0. The molecule has 0 amide bonds. The van der Waals surface area contributed by atoms with E-state index in [0.717, 1.165) is 6.42 Å². The van der Waals surface area contributed by atoms with Crippen molar-refractivity contribution in [3.05, 3.63) is 23.8 Å². The molecule has 0 saturated carbocycles. The lowest BCUT2D eigenvalue weighted by Crippen LogP contribution is -1.70. The highest BCUT2D eigenvalue weighted by Crippen LogP contribution is 2.00. The van der Waals surface area contributed by atoms with Gasteiger partial charge in [0.15, 0.2) is 0 Å². The molecule has 0 rings (SSSR count). The third-order valence-electron chi connectivity index (χ3n) is 1.63. The second-order valence-corrected chi connectivity index (χ2v) is 2.90. The molecule has 0 atom stereocenters. The van der Waals surface area contributed by atoms with Gasteiger partial charge in [-0.2, -0.15) is 0 Å². The molecular weight excluding hydrogens is 132 g/mol. The van der Waals surface area contributed by atoms with E-state index in [4.69, 9.17) is 0 Å². The first-order chi connectivity index (χ1) is 5.31. The Morgan fingerprint density at radius 2 is 2.00 bits per heavy atom. The van der Waals surface area contributed by atoms with Crippen LogP contribution >= 0.6 is 0 Å². The van der Waals surface area contributed by atoms with Crippen LogP contribution in [0.5, 0.6) is 0 Å². The molecule has 0 N–H and O–H groups in total. The molecule has 0 nitrogen and oxygen atoms in total. The van der Waals surface area contributed by atoms with Crippen molar-refractivity contribution in [1.29, 1.82) is 0 Å². The van der Waals surface area contributed by atoms with Crippen LogP contribution in [-0.4, -0.2) is 0 Å². The quantitative estimate of drug-likeness (QED) is 0.411. The summed E-state index contributed by atoms with van der Waals surface area (Å²) < 4.78 is 0. The van der Waals surface area contributed by atoms with Crippen LogP contribution in [0.2, 0.25) is 0 Å². The van der Waals surface area contributed by atoms with E-state index in [1.807, 2.05) is 0 Å². The molecule has 11 heavy (non-hydrogen) atoms. The maximum Gasteiger partial charge on any atom is -0.0348 e. The van der Waals surface area contributed by atoms with Gasteiger partial charge in [0.1, 0.15) is 0 Å². The lowest BCUT2D eigenvalue weighted by atomic mass is 10.2. The number of rotatable bonds is 5. The van der Waals surface area contributed by atoms with Crippen molar-refractivity contribution in [3.8, 4) is 0 Å². The van der Waals surface area contributed by atoms with Crippen molar-refractivity contribution in [3.63, 3.8) is 0 Å². The summed E-state index contributed by atoms with van der Waals surface area (Å²) in [6.07, 6.45) is 11.7. The minimum atomic E-state index is 1.14. The molecule has 64 valence electrons.